The van der Waals surface area contributed by atoms with Crippen molar-refractivity contribution in [3.05, 3.63) is 35.9 Å². The number of hydrogen-bond donors (Lipinski definition) is 1. The average Bonchev–Trinajstić information content (AvgIpc) is 2.91. The van der Waals surface area contributed by atoms with Crippen LogP contribution < -0.4 is 5.73 Å². The smallest absolute Gasteiger partial charge is 0.201 e. The Morgan fingerprint density at radius 1 is 1.32 bits per heavy atom. The molecule has 1 aromatic carbocycles. The minimum atomic E-state index is 0.542. The van der Waals surface area contributed by atoms with Gasteiger partial charge in [0.15, 0.2) is 5.82 Å². The molecule has 0 unspecified atom stereocenters. The van der Waals surface area contributed by atoms with E-state index < -0.39 is 0 Å². The summed E-state index contributed by atoms with van der Waals surface area (Å²) in [5.74, 6) is 1.36. The quantitative estimate of drug-likeness (QED) is 0.766. The van der Waals surface area contributed by atoms with Crippen molar-refractivity contribution in [1.82, 2.24) is 24.3 Å². The van der Waals surface area contributed by atoms with E-state index in [0.717, 1.165) is 29.8 Å². The highest BCUT2D eigenvalue weighted by atomic mass is 15.3. The van der Waals surface area contributed by atoms with Gasteiger partial charge in [0.25, 0.3) is 0 Å². The Hall–Kier alpha value is -2.37. The topological polar surface area (TPSA) is 74.5 Å². The van der Waals surface area contributed by atoms with Crippen molar-refractivity contribution in [3.63, 3.8) is 0 Å². The summed E-state index contributed by atoms with van der Waals surface area (Å²) in [5, 5.41) is 4.27. The van der Waals surface area contributed by atoms with Gasteiger partial charge in [-0.25, -0.2) is 9.97 Å². The molecule has 0 aliphatic carbocycles. The Labute approximate surface area is 110 Å². The summed E-state index contributed by atoms with van der Waals surface area (Å²) in [6.45, 7) is 2.80. The van der Waals surface area contributed by atoms with Crippen molar-refractivity contribution in [1.29, 1.82) is 0 Å². The molecule has 6 heteroatoms. The fraction of sp³-hybridized carbons (Fsp3) is 0.308. The van der Waals surface area contributed by atoms with Crippen LogP contribution in [0, 0.1) is 6.92 Å². The van der Waals surface area contributed by atoms with Crippen LogP contribution in [0.2, 0.25) is 0 Å². The molecule has 0 bridgehead atoms. The maximum Gasteiger partial charge on any atom is 0.201 e. The molecule has 2 N–H and O–H groups in total. The lowest BCUT2D eigenvalue weighted by atomic mass is 10.2. The van der Waals surface area contributed by atoms with Crippen LogP contribution in [0.1, 0.15) is 11.4 Å². The predicted molar refractivity (Wildman–Crippen MR) is 73.6 cm³/mol. The zero-order valence-corrected chi connectivity index (χ0v) is 11.0. The van der Waals surface area contributed by atoms with Gasteiger partial charge in [-0.3, -0.25) is 4.68 Å². The van der Waals surface area contributed by atoms with E-state index in [9.17, 15) is 0 Å². The molecule has 0 saturated carbocycles. The molecule has 0 atom stereocenters. The molecule has 0 spiro atoms. The van der Waals surface area contributed by atoms with Crippen LogP contribution in [0.3, 0.4) is 0 Å². The van der Waals surface area contributed by atoms with Gasteiger partial charge >= 0.3 is 0 Å². The number of rotatable bonds is 3. The molecule has 2 heterocycles. The normalized spacial score (nSPS) is 11.3. The van der Waals surface area contributed by atoms with E-state index in [4.69, 9.17) is 5.73 Å². The molecule has 6 nitrogen and oxygen atoms in total. The summed E-state index contributed by atoms with van der Waals surface area (Å²) in [6, 6.07) is 6.04. The third kappa shape index (κ3) is 2.05. The van der Waals surface area contributed by atoms with E-state index in [1.54, 1.807) is 11.0 Å². The van der Waals surface area contributed by atoms with Gasteiger partial charge in [-0.05, 0) is 18.6 Å². The van der Waals surface area contributed by atoms with Crippen molar-refractivity contribution < 1.29 is 0 Å². The molecule has 0 aliphatic heterocycles. The second kappa shape index (κ2) is 4.38. The first kappa shape index (κ1) is 11.7. The van der Waals surface area contributed by atoms with Gasteiger partial charge in [0.1, 0.15) is 6.33 Å². The third-order valence-corrected chi connectivity index (χ3v) is 3.20. The molecule has 98 valence electrons. The Balaban J connectivity index is 1.94. The molecule has 19 heavy (non-hydrogen) atoms. The van der Waals surface area contributed by atoms with Crippen molar-refractivity contribution >= 4 is 17.0 Å². The first-order valence-electron chi connectivity index (χ1n) is 6.21. The molecule has 0 saturated heterocycles. The number of fused-ring (bicyclic) bond motifs is 1. The molecule has 0 radical (unpaired) electrons. The number of hydrogen-bond acceptors (Lipinski definition) is 4. The Morgan fingerprint density at radius 2 is 2.16 bits per heavy atom. The minimum absolute atomic E-state index is 0.542. The number of para-hydroxylation sites is 1. The minimum Gasteiger partial charge on any atom is -0.369 e. The number of benzene rings is 1. The number of nitrogen functional groups attached to an aromatic ring is 1. The maximum absolute atomic E-state index is 6.00. The molecule has 3 aromatic rings. The van der Waals surface area contributed by atoms with E-state index in [1.165, 1.54) is 5.56 Å². The molecule has 2 aromatic heterocycles. The van der Waals surface area contributed by atoms with Gasteiger partial charge in [-0.1, -0.05) is 12.1 Å². The first-order chi connectivity index (χ1) is 9.15. The van der Waals surface area contributed by atoms with Crippen LogP contribution in [0.25, 0.3) is 11.0 Å². The highest BCUT2D eigenvalue weighted by molar-refractivity contribution is 5.81. The zero-order chi connectivity index (χ0) is 13.4. The van der Waals surface area contributed by atoms with Crippen LogP contribution in [0.15, 0.2) is 24.5 Å². The standard InChI is InChI=1S/C13H16N6/c1-9-4-3-5-10-12(9)19(13(14)16-10)7-6-11-15-8-18(2)17-11/h3-5,8H,6-7H2,1-2H3,(H2,14,16). The summed E-state index contributed by atoms with van der Waals surface area (Å²) in [4.78, 5) is 8.61. The van der Waals surface area contributed by atoms with Gasteiger partial charge in [-0.2, -0.15) is 5.10 Å². The van der Waals surface area contributed by atoms with E-state index >= 15 is 0 Å². The van der Waals surface area contributed by atoms with Crippen LogP contribution in [0.5, 0.6) is 0 Å². The second-order valence-electron chi connectivity index (χ2n) is 4.65. The van der Waals surface area contributed by atoms with Gasteiger partial charge in [0, 0.05) is 20.0 Å². The first-order valence-corrected chi connectivity index (χ1v) is 6.21. The lowest BCUT2D eigenvalue weighted by Gasteiger charge is -2.06. The van der Waals surface area contributed by atoms with E-state index in [0.29, 0.717) is 5.95 Å². The van der Waals surface area contributed by atoms with E-state index in [1.807, 2.05) is 23.7 Å². The molecule has 0 amide bonds. The van der Waals surface area contributed by atoms with Crippen molar-refractivity contribution in [3.8, 4) is 0 Å². The molecular weight excluding hydrogens is 240 g/mol. The van der Waals surface area contributed by atoms with Gasteiger partial charge in [-0.15, -0.1) is 0 Å². The lowest BCUT2D eigenvalue weighted by molar-refractivity contribution is 0.677. The van der Waals surface area contributed by atoms with Gasteiger partial charge in [0.2, 0.25) is 5.95 Å². The average molecular weight is 256 g/mol. The summed E-state index contributed by atoms with van der Waals surface area (Å²) in [5.41, 5.74) is 9.20. The fourth-order valence-corrected chi connectivity index (χ4v) is 2.32. The van der Waals surface area contributed by atoms with Crippen LogP contribution in [-0.2, 0) is 20.0 Å². The largest absolute Gasteiger partial charge is 0.369 e. The molecule has 0 aliphatic rings. The third-order valence-electron chi connectivity index (χ3n) is 3.20. The number of nitrogens with zero attached hydrogens (tertiary/aromatic N) is 5. The monoisotopic (exact) mass is 256 g/mol. The number of aryl methyl sites for hydroxylation is 4. The highest BCUT2D eigenvalue weighted by Crippen LogP contribution is 2.21. The van der Waals surface area contributed by atoms with Crippen LogP contribution in [-0.4, -0.2) is 24.3 Å². The number of nitrogens with two attached hydrogens (primary N) is 1. The van der Waals surface area contributed by atoms with Crippen molar-refractivity contribution in [2.75, 3.05) is 5.73 Å². The lowest BCUT2D eigenvalue weighted by Crippen LogP contribution is -2.07. The zero-order valence-electron chi connectivity index (χ0n) is 11.0. The summed E-state index contributed by atoms with van der Waals surface area (Å²) in [7, 11) is 1.86. The van der Waals surface area contributed by atoms with Crippen LogP contribution >= 0.6 is 0 Å². The van der Waals surface area contributed by atoms with Crippen molar-refractivity contribution in [2.45, 2.75) is 19.9 Å². The SMILES string of the molecule is Cc1cccc2nc(N)n(CCc3ncn(C)n3)c12. The Kier molecular flexibility index (Phi) is 2.70. The molecule has 0 fully saturated rings. The number of imidazole rings is 1. The second-order valence-corrected chi connectivity index (χ2v) is 4.65. The summed E-state index contributed by atoms with van der Waals surface area (Å²) in [6.07, 6.45) is 2.45. The van der Waals surface area contributed by atoms with E-state index in [-0.39, 0.29) is 0 Å². The molecular formula is C13H16N6. The van der Waals surface area contributed by atoms with Crippen LogP contribution in [0.4, 0.5) is 5.95 Å². The Bertz CT molecular complexity index is 724. The number of anilines is 1. The highest BCUT2D eigenvalue weighted by Gasteiger charge is 2.10. The number of aromatic nitrogens is 5. The molecule has 3 rings (SSSR count). The maximum atomic E-state index is 6.00. The van der Waals surface area contributed by atoms with E-state index in [2.05, 4.69) is 28.1 Å². The van der Waals surface area contributed by atoms with Gasteiger partial charge in [0.05, 0.1) is 11.0 Å². The summed E-state index contributed by atoms with van der Waals surface area (Å²) >= 11 is 0. The summed E-state index contributed by atoms with van der Waals surface area (Å²) < 4.78 is 3.73. The predicted octanol–water partition coefficient (Wildman–Crippen LogP) is 1.30. The Morgan fingerprint density at radius 3 is 2.89 bits per heavy atom. The van der Waals surface area contributed by atoms with Gasteiger partial charge < -0.3 is 10.3 Å². The fourth-order valence-electron chi connectivity index (χ4n) is 2.32. The van der Waals surface area contributed by atoms with Crippen molar-refractivity contribution in [2.24, 2.45) is 7.05 Å².